The van der Waals surface area contributed by atoms with Gasteiger partial charge in [0.1, 0.15) is 11.5 Å². The van der Waals surface area contributed by atoms with E-state index in [0.29, 0.717) is 16.7 Å². The summed E-state index contributed by atoms with van der Waals surface area (Å²) in [4.78, 5) is 12.2. The molecule has 5 heteroatoms. The van der Waals surface area contributed by atoms with Crippen molar-refractivity contribution in [3.63, 3.8) is 0 Å². The summed E-state index contributed by atoms with van der Waals surface area (Å²) in [6, 6.07) is 3.09. The highest BCUT2D eigenvalue weighted by molar-refractivity contribution is 6.10. The van der Waals surface area contributed by atoms with E-state index < -0.39 is 11.6 Å². The molecule has 0 spiro atoms. The monoisotopic (exact) mass is 316 g/mol. The first-order valence-electron chi connectivity index (χ1n) is 7.20. The third-order valence-corrected chi connectivity index (χ3v) is 3.39. The normalized spacial score (nSPS) is 17.7. The Morgan fingerprint density at radius 1 is 1.13 bits per heavy atom. The van der Waals surface area contributed by atoms with Gasteiger partial charge in [0.25, 0.3) is 0 Å². The van der Waals surface area contributed by atoms with Gasteiger partial charge < -0.3 is 0 Å². The smallest absolute Gasteiger partial charge is 0.185 e. The average molecular weight is 316 g/mol. The Kier molecular flexibility index (Phi) is 4.68. The van der Waals surface area contributed by atoms with Crippen LogP contribution >= 0.6 is 0 Å². The highest BCUT2D eigenvalue weighted by Crippen LogP contribution is 2.32. The van der Waals surface area contributed by atoms with Crippen molar-refractivity contribution in [1.82, 2.24) is 0 Å². The van der Waals surface area contributed by atoms with Gasteiger partial charge in [-0.25, -0.2) is 8.78 Å². The van der Waals surface area contributed by atoms with Crippen LogP contribution in [0.2, 0.25) is 0 Å². The fraction of sp³-hybridized carbons (Fsp3) is 0.278. The predicted octanol–water partition coefficient (Wildman–Crippen LogP) is 5.43. The third-order valence-electron chi connectivity index (χ3n) is 3.39. The SMILES string of the molecule is CC1=C/C(=C/N=Nc2ccc(F)cc2F)C=C(C(C)(C)C)C1=O. The van der Waals surface area contributed by atoms with Gasteiger partial charge >= 0.3 is 0 Å². The second-order valence-corrected chi connectivity index (χ2v) is 6.40. The van der Waals surface area contributed by atoms with Crippen molar-refractivity contribution in [3.05, 3.63) is 64.9 Å². The molecule has 0 amide bonds. The van der Waals surface area contributed by atoms with Crippen LogP contribution in [-0.4, -0.2) is 5.78 Å². The second-order valence-electron chi connectivity index (χ2n) is 6.40. The minimum Gasteiger partial charge on any atom is -0.289 e. The summed E-state index contributed by atoms with van der Waals surface area (Å²) in [7, 11) is 0. The number of Topliss-reactive ketones (excluding diaryl/α,β-unsaturated/α-hetero) is 1. The lowest BCUT2D eigenvalue weighted by Gasteiger charge is -2.24. The Bertz CT molecular complexity index is 766. The Hall–Kier alpha value is -2.43. The molecular weight excluding hydrogens is 298 g/mol. The summed E-state index contributed by atoms with van der Waals surface area (Å²) >= 11 is 0. The minimum atomic E-state index is -0.774. The van der Waals surface area contributed by atoms with Crippen molar-refractivity contribution in [2.24, 2.45) is 15.6 Å². The number of rotatable bonds is 2. The van der Waals surface area contributed by atoms with Crippen molar-refractivity contribution in [1.29, 1.82) is 0 Å². The highest BCUT2D eigenvalue weighted by Gasteiger charge is 2.27. The zero-order valence-electron chi connectivity index (χ0n) is 13.5. The maximum Gasteiger partial charge on any atom is 0.185 e. The fourth-order valence-corrected chi connectivity index (χ4v) is 2.15. The maximum absolute atomic E-state index is 13.5. The van der Waals surface area contributed by atoms with Gasteiger partial charge in [0.05, 0.1) is 6.20 Å². The molecule has 1 aromatic carbocycles. The number of carbonyl (C=O) groups is 1. The Morgan fingerprint density at radius 3 is 2.43 bits per heavy atom. The van der Waals surface area contributed by atoms with E-state index in [2.05, 4.69) is 10.2 Å². The van der Waals surface area contributed by atoms with Crippen LogP contribution in [0, 0.1) is 17.0 Å². The van der Waals surface area contributed by atoms with E-state index in [-0.39, 0.29) is 16.9 Å². The van der Waals surface area contributed by atoms with E-state index in [0.717, 1.165) is 12.1 Å². The summed E-state index contributed by atoms with van der Waals surface area (Å²) < 4.78 is 26.3. The summed E-state index contributed by atoms with van der Waals surface area (Å²) in [6.07, 6.45) is 4.91. The number of allylic oxidation sites excluding steroid dienone is 5. The lowest BCUT2D eigenvalue weighted by molar-refractivity contribution is -0.113. The van der Waals surface area contributed by atoms with Crippen LogP contribution < -0.4 is 0 Å². The fourth-order valence-electron chi connectivity index (χ4n) is 2.15. The summed E-state index contributed by atoms with van der Waals surface area (Å²) in [5.74, 6) is -1.43. The van der Waals surface area contributed by atoms with Gasteiger partial charge in [0.2, 0.25) is 0 Å². The maximum atomic E-state index is 13.5. The van der Waals surface area contributed by atoms with E-state index in [1.165, 1.54) is 12.3 Å². The molecule has 0 saturated heterocycles. The zero-order valence-corrected chi connectivity index (χ0v) is 13.5. The van der Waals surface area contributed by atoms with E-state index >= 15 is 0 Å². The van der Waals surface area contributed by atoms with Gasteiger partial charge in [0.15, 0.2) is 11.6 Å². The number of ketones is 1. The van der Waals surface area contributed by atoms with Gasteiger partial charge in [-0.3, -0.25) is 4.79 Å². The molecule has 0 aliphatic heterocycles. The van der Waals surface area contributed by atoms with Crippen molar-refractivity contribution in [2.75, 3.05) is 0 Å². The highest BCUT2D eigenvalue weighted by atomic mass is 19.1. The molecule has 120 valence electrons. The van der Waals surface area contributed by atoms with Crippen molar-refractivity contribution < 1.29 is 13.6 Å². The molecule has 0 saturated carbocycles. The molecule has 0 radical (unpaired) electrons. The molecule has 0 heterocycles. The Morgan fingerprint density at radius 2 is 1.83 bits per heavy atom. The number of halogens is 2. The van der Waals surface area contributed by atoms with Crippen LogP contribution in [0.25, 0.3) is 0 Å². The lowest BCUT2D eigenvalue weighted by Crippen LogP contribution is -2.21. The molecule has 23 heavy (non-hydrogen) atoms. The molecule has 0 bridgehead atoms. The number of azo groups is 1. The third kappa shape index (κ3) is 4.06. The van der Waals surface area contributed by atoms with Gasteiger partial charge in [-0.05, 0) is 47.8 Å². The summed E-state index contributed by atoms with van der Waals surface area (Å²) in [5.41, 5.74) is 1.68. The Labute approximate surface area is 134 Å². The van der Waals surface area contributed by atoms with Crippen LogP contribution in [0.15, 0.2) is 63.5 Å². The minimum absolute atomic E-state index is 0.0103. The van der Waals surface area contributed by atoms with Crippen LogP contribution in [0.4, 0.5) is 14.5 Å². The van der Waals surface area contributed by atoms with E-state index in [1.54, 1.807) is 19.1 Å². The first kappa shape index (κ1) is 16.9. The predicted molar refractivity (Wildman–Crippen MR) is 85.3 cm³/mol. The van der Waals surface area contributed by atoms with Crippen molar-refractivity contribution >= 4 is 11.5 Å². The van der Waals surface area contributed by atoms with Crippen LogP contribution in [0.3, 0.4) is 0 Å². The van der Waals surface area contributed by atoms with Gasteiger partial charge in [-0.1, -0.05) is 20.8 Å². The quantitative estimate of drug-likeness (QED) is 0.670. The molecule has 2 rings (SSSR count). The molecular formula is C18H18F2N2O. The number of carbonyl (C=O) groups excluding carboxylic acids is 1. The number of nitrogens with zero attached hydrogens (tertiary/aromatic N) is 2. The molecule has 0 unspecified atom stereocenters. The van der Waals surface area contributed by atoms with E-state index in [4.69, 9.17) is 0 Å². The molecule has 3 nitrogen and oxygen atoms in total. The first-order valence-corrected chi connectivity index (χ1v) is 7.20. The lowest BCUT2D eigenvalue weighted by atomic mass is 9.78. The second kappa shape index (κ2) is 6.36. The number of hydrogen-bond acceptors (Lipinski definition) is 3. The number of benzene rings is 1. The zero-order chi connectivity index (χ0) is 17.2. The van der Waals surface area contributed by atoms with Gasteiger partial charge in [0, 0.05) is 11.6 Å². The largest absolute Gasteiger partial charge is 0.289 e. The van der Waals surface area contributed by atoms with Gasteiger partial charge in [-0.2, -0.15) is 5.11 Å². The van der Waals surface area contributed by atoms with Crippen molar-refractivity contribution in [2.45, 2.75) is 27.7 Å². The molecule has 0 aromatic heterocycles. The van der Waals surface area contributed by atoms with Crippen LogP contribution in [0.1, 0.15) is 27.7 Å². The van der Waals surface area contributed by atoms with Crippen LogP contribution in [-0.2, 0) is 4.79 Å². The Balaban J connectivity index is 2.30. The van der Waals surface area contributed by atoms with Gasteiger partial charge in [-0.15, -0.1) is 5.11 Å². The molecule has 0 N–H and O–H groups in total. The summed E-state index contributed by atoms with van der Waals surface area (Å²) in [6.45, 7) is 7.62. The van der Waals surface area contributed by atoms with E-state index in [1.807, 2.05) is 20.8 Å². The molecule has 0 atom stereocenters. The van der Waals surface area contributed by atoms with E-state index in [9.17, 15) is 13.6 Å². The standard InChI is InChI=1S/C18H18F2N2O/c1-11-7-12(8-14(17(11)23)18(2,3)4)10-21-22-16-6-5-13(19)9-15(16)20/h5-10H,1-4H3/b12-10-,22-21?. The topological polar surface area (TPSA) is 41.8 Å². The summed E-state index contributed by atoms with van der Waals surface area (Å²) in [5, 5.41) is 7.57. The first-order chi connectivity index (χ1) is 10.7. The molecule has 1 aliphatic carbocycles. The molecule has 0 fully saturated rings. The molecule has 1 aliphatic rings. The number of hydrogen-bond donors (Lipinski definition) is 0. The molecule has 1 aromatic rings. The average Bonchev–Trinajstić information content (AvgIpc) is 2.43. The van der Waals surface area contributed by atoms with Crippen LogP contribution in [0.5, 0.6) is 0 Å². The van der Waals surface area contributed by atoms with Crippen molar-refractivity contribution in [3.8, 4) is 0 Å².